The monoisotopic (exact) mass is 502 g/mol. The molecule has 6 heteroatoms. The van der Waals surface area contributed by atoms with E-state index in [0.717, 1.165) is 40.6 Å². The van der Waals surface area contributed by atoms with Gasteiger partial charge in [-0.05, 0) is 47.9 Å². The van der Waals surface area contributed by atoms with E-state index >= 15 is 0 Å². The molecule has 1 N–H and O–H groups in total. The third-order valence-corrected chi connectivity index (χ3v) is 6.58. The molecule has 0 aliphatic heterocycles. The fourth-order valence-corrected chi connectivity index (χ4v) is 4.23. The number of carbonyl (C=O) groups excluding carboxylic acids is 1. The first-order valence-electron chi connectivity index (χ1n) is 12.9. The number of H-pyrrole nitrogens is 1. The van der Waals surface area contributed by atoms with Gasteiger partial charge in [0.15, 0.2) is 7.28 Å². The van der Waals surface area contributed by atoms with Gasteiger partial charge in [0.05, 0.1) is 6.54 Å². The van der Waals surface area contributed by atoms with Gasteiger partial charge in [-0.25, -0.2) is 5.06 Å². The summed E-state index contributed by atoms with van der Waals surface area (Å²) in [5, 5.41) is 2.43. The minimum absolute atomic E-state index is 0.209. The summed E-state index contributed by atoms with van der Waals surface area (Å²) in [6.07, 6.45) is 0. The van der Waals surface area contributed by atoms with Gasteiger partial charge in [0.2, 0.25) is 0 Å². The quantitative estimate of drug-likeness (QED) is 0.190. The molecule has 190 valence electrons. The van der Waals surface area contributed by atoms with Gasteiger partial charge in [-0.1, -0.05) is 96.7 Å². The molecule has 5 aromatic rings. The van der Waals surface area contributed by atoms with Crippen LogP contribution in [0.5, 0.6) is 5.75 Å². The highest BCUT2D eigenvalue weighted by Crippen LogP contribution is 2.19. The number of nitrogens with zero attached hydrogens (tertiary/aromatic N) is 1. The van der Waals surface area contributed by atoms with E-state index in [9.17, 15) is 4.79 Å². The number of rotatable bonds is 10. The molecule has 0 bridgehead atoms. The van der Waals surface area contributed by atoms with Gasteiger partial charge in [0.1, 0.15) is 24.7 Å². The molecule has 0 fully saturated rings. The number of hydrogen-bond acceptors (Lipinski definition) is 3. The van der Waals surface area contributed by atoms with E-state index in [1.807, 2.05) is 66.7 Å². The molecule has 1 aromatic heterocycles. The van der Waals surface area contributed by atoms with Crippen molar-refractivity contribution in [1.29, 1.82) is 0 Å². The van der Waals surface area contributed by atoms with Crippen molar-refractivity contribution in [2.75, 3.05) is 0 Å². The molecule has 1 heterocycles. The Kier molecular flexibility index (Phi) is 7.91. The maximum Gasteiger partial charge on any atom is 0.294 e. The number of aromatic amines is 1. The first-order valence-corrected chi connectivity index (χ1v) is 12.9. The standard InChI is InChI=1S/C32H31BN2O3/c1-23-7-9-25(10-8-23)21-37-29-17-13-26(14-18-29)22-38-35(20-24-11-15-28(33-2)16-12-24)32(36)31-19-27-5-3-4-6-30(27)34-31/h3-19,33-34H,20-22H2,1-2H3. The van der Waals surface area contributed by atoms with Gasteiger partial charge in [0, 0.05) is 10.9 Å². The average Bonchev–Trinajstić information content (AvgIpc) is 3.40. The van der Waals surface area contributed by atoms with Crippen LogP contribution in [0.4, 0.5) is 0 Å². The minimum Gasteiger partial charge on any atom is -0.489 e. The smallest absolute Gasteiger partial charge is 0.294 e. The number of hydroxylamine groups is 2. The molecule has 0 saturated heterocycles. The molecule has 0 atom stereocenters. The average molecular weight is 502 g/mol. The minimum atomic E-state index is -0.209. The number of amides is 1. The van der Waals surface area contributed by atoms with E-state index in [2.05, 4.69) is 55.1 Å². The van der Waals surface area contributed by atoms with Crippen molar-refractivity contribution >= 4 is 29.6 Å². The summed E-state index contributed by atoms with van der Waals surface area (Å²) in [4.78, 5) is 22.8. The van der Waals surface area contributed by atoms with Crippen LogP contribution in [-0.4, -0.2) is 23.2 Å². The van der Waals surface area contributed by atoms with E-state index in [1.165, 1.54) is 16.1 Å². The van der Waals surface area contributed by atoms with Crippen molar-refractivity contribution in [2.24, 2.45) is 0 Å². The highest BCUT2D eigenvalue weighted by Gasteiger charge is 2.20. The predicted molar refractivity (Wildman–Crippen MR) is 154 cm³/mol. The van der Waals surface area contributed by atoms with Gasteiger partial charge in [-0.15, -0.1) is 0 Å². The Hall–Kier alpha value is -4.29. The van der Waals surface area contributed by atoms with E-state index in [4.69, 9.17) is 9.57 Å². The normalized spacial score (nSPS) is 10.9. The molecule has 1 amide bonds. The molecule has 38 heavy (non-hydrogen) atoms. The van der Waals surface area contributed by atoms with Crippen LogP contribution in [0.25, 0.3) is 10.9 Å². The molecule has 4 aromatic carbocycles. The van der Waals surface area contributed by atoms with Crippen LogP contribution >= 0.6 is 0 Å². The Morgan fingerprint density at radius 3 is 2.18 bits per heavy atom. The molecule has 0 spiro atoms. The summed E-state index contributed by atoms with van der Waals surface area (Å²) < 4.78 is 5.93. The molecule has 0 radical (unpaired) electrons. The molecule has 5 rings (SSSR count). The number of ether oxygens (including phenoxy) is 1. The number of benzene rings is 4. The Bertz CT molecular complexity index is 1460. The fraction of sp³-hybridized carbons (Fsp3) is 0.156. The number of hydrogen-bond donors (Lipinski definition) is 1. The van der Waals surface area contributed by atoms with Crippen LogP contribution in [0.1, 0.15) is 32.7 Å². The summed E-state index contributed by atoms with van der Waals surface area (Å²) >= 11 is 0. The van der Waals surface area contributed by atoms with Gasteiger partial charge < -0.3 is 9.72 Å². The van der Waals surface area contributed by atoms with Crippen molar-refractivity contribution in [2.45, 2.75) is 33.5 Å². The fourth-order valence-electron chi connectivity index (χ4n) is 4.23. The van der Waals surface area contributed by atoms with Crippen LogP contribution in [0.15, 0.2) is 103 Å². The van der Waals surface area contributed by atoms with Crippen molar-refractivity contribution in [3.05, 3.63) is 131 Å². The van der Waals surface area contributed by atoms with E-state index < -0.39 is 0 Å². The summed E-state index contributed by atoms with van der Waals surface area (Å²) in [6, 6.07) is 34.1. The maximum atomic E-state index is 13.5. The molecule has 0 aliphatic rings. The number of aryl methyl sites for hydroxylation is 1. The van der Waals surface area contributed by atoms with Crippen molar-refractivity contribution in [1.82, 2.24) is 10.0 Å². The van der Waals surface area contributed by atoms with Crippen LogP contribution in [0, 0.1) is 6.92 Å². The van der Waals surface area contributed by atoms with Crippen molar-refractivity contribution in [3.63, 3.8) is 0 Å². The largest absolute Gasteiger partial charge is 0.489 e. The second-order valence-electron chi connectivity index (χ2n) is 9.47. The highest BCUT2D eigenvalue weighted by atomic mass is 16.7. The van der Waals surface area contributed by atoms with Gasteiger partial charge in [-0.2, -0.15) is 0 Å². The Labute approximate surface area is 224 Å². The summed E-state index contributed by atoms with van der Waals surface area (Å²) in [7, 11) is 0.971. The van der Waals surface area contributed by atoms with Gasteiger partial charge in [-0.3, -0.25) is 9.63 Å². The number of para-hydroxylation sites is 1. The molecule has 0 aliphatic carbocycles. The SMILES string of the molecule is CBc1ccc(CN(OCc2ccc(OCc3ccc(C)cc3)cc2)C(=O)c2cc3ccccc3[nH]2)cc1. The van der Waals surface area contributed by atoms with Crippen LogP contribution in [0.3, 0.4) is 0 Å². The molecular weight excluding hydrogens is 471 g/mol. The zero-order valence-corrected chi connectivity index (χ0v) is 21.8. The van der Waals surface area contributed by atoms with E-state index in [-0.39, 0.29) is 12.5 Å². The first-order chi connectivity index (χ1) is 18.6. The van der Waals surface area contributed by atoms with Crippen molar-refractivity contribution < 1.29 is 14.4 Å². The summed E-state index contributed by atoms with van der Waals surface area (Å²) in [5.74, 6) is 0.579. The lowest BCUT2D eigenvalue weighted by molar-refractivity contribution is -0.140. The molecule has 0 saturated carbocycles. The summed E-state index contributed by atoms with van der Waals surface area (Å²) in [6.45, 7) is 5.32. The molecule has 5 nitrogen and oxygen atoms in total. The number of nitrogens with one attached hydrogen (secondary N) is 1. The third kappa shape index (κ3) is 6.34. The van der Waals surface area contributed by atoms with E-state index in [1.54, 1.807) is 0 Å². The lowest BCUT2D eigenvalue weighted by atomic mass is 9.73. The topological polar surface area (TPSA) is 54.6 Å². The maximum absolute atomic E-state index is 13.5. The first kappa shape index (κ1) is 25.4. The number of carbonyl (C=O) groups is 1. The molecule has 0 unspecified atom stereocenters. The number of aromatic nitrogens is 1. The second-order valence-corrected chi connectivity index (χ2v) is 9.47. The highest BCUT2D eigenvalue weighted by molar-refractivity contribution is 6.51. The second kappa shape index (κ2) is 11.8. The molecular formula is C32H31BN2O3. The van der Waals surface area contributed by atoms with Gasteiger partial charge in [0.25, 0.3) is 5.91 Å². The van der Waals surface area contributed by atoms with E-state index in [0.29, 0.717) is 18.8 Å². The van der Waals surface area contributed by atoms with Crippen LogP contribution in [0.2, 0.25) is 6.82 Å². The number of fused-ring (bicyclic) bond motifs is 1. The predicted octanol–water partition coefficient (Wildman–Crippen LogP) is 5.94. The Balaban J connectivity index is 1.27. The zero-order chi connectivity index (χ0) is 26.3. The third-order valence-electron chi connectivity index (χ3n) is 6.58. The summed E-state index contributed by atoms with van der Waals surface area (Å²) in [5.41, 5.74) is 6.98. The van der Waals surface area contributed by atoms with Crippen LogP contribution < -0.4 is 10.2 Å². The van der Waals surface area contributed by atoms with Gasteiger partial charge >= 0.3 is 0 Å². The Morgan fingerprint density at radius 2 is 1.47 bits per heavy atom. The van der Waals surface area contributed by atoms with Crippen molar-refractivity contribution in [3.8, 4) is 5.75 Å². The lowest BCUT2D eigenvalue weighted by Gasteiger charge is -2.22. The lowest BCUT2D eigenvalue weighted by Crippen LogP contribution is -2.31. The van der Waals surface area contributed by atoms with Crippen LogP contribution in [-0.2, 0) is 24.6 Å². The zero-order valence-electron chi connectivity index (χ0n) is 21.8. The Morgan fingerprint density at radius 1 is 0.816 bits per heavy atom.